The summed E-state index contributed by atoms with van der Waals surface area (Å²) < 4.78 is 4.50. The van der Waals surface area contributed by atoms with Crippen LogP contribution in [0.2, 0.25) is 5.02 Å². The zero-order valence-corrected chi connectivity index (χ0v) is 17.8. The molecule has 2 atom stereocenters. The molecule has 0 aliphatic carbocycles. The summed E-state index contributed by atoms with van der Waals surface area (Å²) in [6.45, 7) is 2.84. The molecule has 29 heavy (non-hydrogen) atoms. The van der Waals surface area contributed by atoms with Gasteiger partial charge in [-0.15, -0.1) is 0 Å². The number of hydrogen-bond donors (Lipinski definition) is 1. The van der Waals surface area contributed by atoms with Crippen molar-refractivity contribution in [2.45, 2.75) is 38.3 Å². The highest BCUT2D eigenvalue weighted by atomic mass is 35.5. The van der Waals surface area contributed by atoms with Crippen molar-refractivity contribution in [3.05, 3.63) is 76.6 Å². The molecule has 1 saturated heterocycles. The molecule has 1 aliphatic heterocycles. The van der Waals surface area contributed by atoms with E-state index in [0.29, 0.717) is 6.42 Å². The number of benzene rings is 2. The van der Waals surface area contributed by atoms with Crippen molar-refractivity contribution in [3.8, 4) is 0 Å². The van der Waals surface area contributed by atoms with E-state index in [4.69, 9.17) is 16.6 Å². The first kappa shape index (κ1) is 19.9. The second kappa shape index (κ2) is 8.93. The molecule has 0 saturated carbocycles. The highest BCUT2D eigenvalue weighted by molar-refractivity contribution is 7.09. The van der Waals surface area contributed by atoms with Gasteiger partial charge in [-0.1, -0.05) is 54.1 Å². The maximum absolute atomic E-state index is 12.9. The van der Waals surface area contributed by atoms with Gasteiger partial charge in [0.15, 0.2) is 0 Å². The van der Waals surface area contributed by atoms with E-state index in [0.717, 1.165) is 46.5 Å². The summed E-state index contributed by atoms with van der Waals surface area (Å²) in [7, 11) is 0. The van der Waals surface area contributed by atoms with E-state index in [9.17, 15) is 4.79 Å². The Labute approximate surface area is 179 Å². The molecule has 0 spiro atoms. The van der Waals surface area contributed by atoms with E-state index in [1.165, 1.54) is 11.5 Å². The van der Waals surface area contributed by atoms with E-state index < -0.39 is 0 Å². The number of halogens is 1. The van der Waals surface area contributed by atoms with Crippen LogP contribution in [0.4, 0.5) is 5.13 Å². The van der Waals surface area contributed by atoms with Gasteiger partial charge in [0.05, 0.1) is 6.04 Å². The molecule has 1 aromatic heterocycles. The van der Waals surface area contributed by atoms with Gasteiger partial charge in [0.1, 0.15) is 11.9 Å². The van der Waals surface area contributed by atoms with Gasteiger partial charge in [-0.05, 0) is 43.0 Å². The Morgan fingerprint density at radius 2 is 2.00 bits per heavy atom. The Morgan fingerprint density at radius 3 is 2.76 bits per heavy atom. The lowest BCUT2D eigenvalue weighted by molar-refractivity contribution is -0.122. The number of carbonyl (C=O) groups excluding carboxylic acids is 1. The van der Waals surface area contributed by atoms with Crippen molar-refractivity contribution >= 4 is 34.2 Å². The predicted octanol–water partition coefficient (Wildman–Crippen LogP) is 4.63. The molecular formula is C22H23ClN4OS. The molecule has 1 N–H and O–H groups in total. The molecule has 7 heteroatoms. The van der Waals surface area contributed by atoms with Crippen molar-refractivity contribution in [2.75, 3.05) is 11.4 Å². The van der Waals surface area contributed by atoms with Crippen LogP contribution in [0.15, 0.2) is 54.6 Å². The first-order valence-electron chi connectivity index (χ1n) is 9.79. The van der Waals surface area contributed by atoms with Crippen LogP contribution >= 0.6 is 23.1 Å². The average molecular weight is 427 g/mol. The third-order valence-electron chi connectivity index (χ3n) is 5.19. The molecule has 1 fully saturated rings. The highest BCUT2D eigenvalue weighted by Gasteiger charge is 2.33. The van der Waals surface area contributed by atoms with Gasteiger partial charge in [-0.3, -0.25) is 4.79 Å². The van der Waals surface area contributed by atoms with Crippen LogP contribution in [0.25, 0.3) is 0 Å². The van der Waals surface area contributed by atoms with Crippen molar-refractivity contribution in [1.82, 2.24) is 14.7 Å². The third kappa shape index (κ3) is 4.77. The molecule has 3 aromatic rings. The maximum atomic E-state index is 12.9. The number of carbonyl (C=O) groups is 1. The Balaban J connectivity index is 1.42. The summed E-state index contributed by atoms with van der Waals surface area (Å²) in [5.74, 6) is 0.823. The summed E-state index contributed by atoms with van der Waals surface area (Å²) in [5.41, 5.74) is 2.22. The summed E-state index contributed by atoms with van der Waals surface area (Å²) in [5, 5.41) is 4.69. The van der Waals surface area contributed by atoms with E-state index in [1.807, 2.05) is 61.5 Å². The van der Waals surface area contributed by atoms with Gasteiger partial charge in [0.2, 0.25) is 11.0 Å². The molecule has 4 rings (SSSR count). The standard InChI is InChI=1S/C22H23ClN4OS/c1-15(17-6-3-2-4-7-17)24-21(28)19-8-5-13-27(19)22-25-20(26-29-22)14-16-9-11-18(23)12-10-16/h2-4,6-7,9-12,15,19H,5,8,13-14H2,1H3,(H,24,28). The molecule has 1 amide bonds. The van der Waals surface area contributed by atoms with E-state index in [1.54, 1.807) is 0 Å². The summed E-state index contributed by atoms with van der Waals surface area (Å²) in [6, 6.07) is 17.5. The molecule has 2 aromatic carbocycles. The Bertz CT molecular complexity index is 960. The van der Waals surface area contributed by atoms with E-state index in [2.05, 4.69) is 14.6 Å². The molecule has 2 heterocycles. The number of aromatic nitrogens is 2. The molecule has 150 valence electrons. The smallest absolute Gasteiger partial charge is 0.243 e. The fourth-order valence-corrected chi connectivity index (χ4v) is 4.51. The van der Waals surface area contributed by atoms with Crippen LogP contribution in [0.3, 0.4) is 0 Å². The predicted molar refractivity (Wildman–Crippen MR) is 118 cm³/mol. The van der Waals surface area contributed by atoms with Gasteiger partial charge in [0.25, 0.3) is 0 Å². The minimum absolute atomic E-state index is 0.0268. The zero-order valence-electron chi connectivity index (χ0n) is 16.2. The minimum Gasteiger partial charge on any atom is -0.348 e. The first-order chi connectivity index (χ1) is 14.1. The fraction of sp³-hybridized carbons (Fsp3) is 0.318. The van der Waals surface area contributed by atoms with Gasteiger partial charge < -0.3 is 10.2 Å². The highest BCUT2D eigenvalue weighted by Crippen LogP contribution is 2.28. The quantitative estimate of drug-likeness (QED) is 0.624. The summed E-state index contributed by atoms with van der Waals surface area (Å²) >= 11 is 7.32. The maximum Gasteiger partial charge on any atom is 0.243 e. The summed E-state index contributed by atoms with van der Waals surface area (Å²) in [6.07, 6.45) is 2.47. The topological polar surface area (TPSA) is 58.1 Å². The third-order valence-corrected chi connectivity index (χ3v) is 6.24. The van der Waals surface area contributed by atoms with Crippen LogP contribution in [0, 0.1) is 0 Å². The van der Waals surface area contributed by atoms with Crippen molar-refractivity contribution < 1.29 is 4.79 Å². The van der Waals surface area contributed by atoms with Gasteiger partial charge in [0, 0.05) is 29.5 Å². The number of nitrogens with one attached hydrogen (secondary N) is 1. The molecule has 0 radical (unpaired) electrons. The van der Waals surface area contributed by atoms with Gasteiger partial charge in [-0.2, -0.15) is 4.37 Å². The van der Waals surface area contributed by atoms with E-state index >= 15 is 0 Å². The lowest BCUT2D eigenvalue weighted by atomic mass is 10.1. The van der Waals surface area contributed by atoms with Crippen LogP contribution in [-0.2, 0) is 11.2 Å². The first-order valence-corrected chi connectivity index (χ1v) is 10.9. The monoisotopic (exact) mass is 426 g/mol. The van der Waals surface area contributed by atoms with Crippen LogP contribution in [0.1, 0.15) is 42.8 Å². The van der Waals surface area contributed by atoms with Crippen molar-refractivity contribution in [1.29, 1.82) is 0 Å². The van der Waals surface area contributed by atoms with Gasteiger partial charge >= 0.3 is 0 Å². The Morgan fingerprint density at radius 1 is 1.24 bits per heavy atom. The van der Waals surface area contributed by atoms with Crippen molar-refractivity contribution in [2.24, 2.45) is 0 Å². The average Bonchev–Trinajstić information content (AvgIpc) is 3.39. The molecular weight excluding hydrogens is 404 g/mol. The number of amides is 1. The minimum atomic E-state index is -0.197. The SMILES string of the molecule is CC(NC(=O)C1CCCN1c1nc(Cc2ccc(Cl)cc2)ns1)c1ccccc1. The number of rotatable bonds is 6. The number of anilines is 1. The Kier molecular flexibility index (Phi) is 6.11. The molecule has 5 nitrogen and oxygen atoms in total. The van der Waals surface area contributed by atoms with Crippen LogP contribution < -0.4 is 10.2 Å². The van der Waals surface area contributed by atoms with E-state index in [-0.39, 0.29) is 18.0 Å². The number of hydrogen-bond acceptors (Lipinski definition) is 5. The Hall–Kier alpha value is -2.44. The molecule has 2 unspecified atom stereocenters. The normalized spacial score (nSPS) is 17.3. The largest absolute Gasteiger partial charge is 0.348 e. The van der Waals surface area contributed by atoms with Crippen LogP contribution in [0.5, 0.6) is 0 Å². The zero-order chi connectivity index (χ0) is 20.2. The fourth-order valence-electron chi connectivity index (χ4n) is 3.62. The second-order valence-corrected chi connectivity index (χ2v) is 8.46. The second-order valence-electron chi connectivity index (χ2n) is 7.29. The summed E-state index contributed by atoms with van der Waals surface area (Å²) in [4.78, 5) is 19.7. The van der Waals surface area contributed by atoms with Crippen LogP contribution in [-0.4, -0.2) is 27.9 Å². The lowest BCUT2D eigenvalue weighted by Gasteiger charge is -2.24. The van der Waals surface area contributed by atoms with Crippen molar-refractivity contribution in [3.63, 3.8) is 0 Å². The van der Waals surface area contributed by atoms with Gasteiger partial charge in [-0.25, -0.2) is 4.98 Å². The number of nitrogens with zero attached hydrogens (tertiary/aromatic N) is 3. The molecule has 0 bridgehead atoms. The molecule has 1 aliphatic rings. The lowest BCUT2D eigenvalue weighted by Crippen LogP contribution is -2.44.